The summed E-state index contributed by atoms with van der Waals surface area (Å²) in [6.45, 7) is 0.842. The van der Waals surface area contributed by atoms with Crippen molar-refractivity contribution >= 4 is 15.9 Å². The maximum absolute atomic E-state index is 13.1. The number of carbonyl (C=O) groups is 1. The van der Waals surface area contributed by atoms with E-state index < -0.39 is 21.9 Å². The molecule has 1 fully saturated rings. The van der Waals surface area contributed by atoms with Gasteiger partial charge in [0.1, 0.15) is 11.9 Å². The molecule has 1 amide bonds. The fraction of sp³-hybridized carbons (Fsp3) is 0.550. The van der Waals surface area contributed by atoms with Crippen LogP contribution >= 0.6 is 0 Å². The molecular weight excluding hydrogens is 367 g/mol. The molecule has 5 nitrogen and oxygen atoms in total. The minimum Gasteiger partial charge on any atom is -0.354 e. The lowest BCUT2D eigenvalue weighted by atomic mass is 9.97. The highest BCUT2D eigenvalue weighted by Crippen LogP contribution is 2.26. The average molecular weight is 395 g/mol. The standard InChI is InChI=1S/C20H27FN2O3S/c21-17-9-11-18(12-10-17)27(25,26)23-15-5-4-8-19(23)20(24)22-14-13-16-6-2-1-3-7-16/h6,9-12,19H,1-5,7-8,13-15H2,(H,22,24). The third kappa shape index (κ3) is 4.96. The summed E-state index contributed by atoms with van der Waals surface area (Å²) in [4.78, 5) is 12.7. The van der Waals surface area contributed by atoms with Gasteiger partial charge in [-0.3, -0.25) is 4.79 Å². The first kappa shape index (κ1) is 20.0. The first-order valence-electron chi connectivity index (χ1n) is 9.71. The fourth-order valence-corrected chi connectivity index (χ4v) is 5.45. The Morgan fingerprint density at radius 2 is 1.93 bits per heavy atom. The van der Waals surface area contributed by atoms with Gasteiger partial charge in [-0.25, -0.2) is 12.8 Å². The summed E-state index contributed by atoms with van der Waals surface area (Å²) >= 11 is 0. The minimum atomic E-state index is -3.82. The van der Waals surface area contributed by atoms with Crippen molar-refractivity contribution in [2.24, 2.45) is 0 Å². The zero-order valence-electron chi connectivity index (χ0n) is 15.5. The molecule has 1 aliphatic carbocycles. The first-order valence-corrected chi connectivity index (χ1v) is 11.2. The maximum atomic E-state index is 13.1. The molecule has 1 aromatic carbocycles. The van der Waals surface area contributed by atoms with Crippen LogP contribution < -0.4 is 5.32 Å². The van der Waals surface area contributed by atoms with E-state index in [2.05, 4.69) is 11.4 Å². The Hall–Kier alpha value is -1.73. The highest BCUT2D eigenvalue weighted by atomic mass is 32.2. The van der Waals surface area contributed by atoms with Gasteiger partial charge in [0.25, 0.3) is 0 Å². The number of carbonyl (C=O) groups excluding carboxylic acids is 1. The number of allylic oxidation sites excluding steroid dienone is 1. The molecular formula is C20H27FN2O3S. The van der Waals surface area contributed by atoms with Crippen molar-refractivity contribution < 1.29 is 17.6 Å². The molecule has 1 atom stereocenters. The molecule has 1 N–H and O–H groups in total. The third-order valence-corrected chi connectivity index (χ3v) is 7.23. The summed E-state index contributed by atoms with van der Waals surface area (Å²) in [5, 5.41) is 2.92. The number of piperidine rings is 1. The summed E-state index contributed by atoms with van der Waals surface area (Å²) in [6.07, 6.45) is 9.75. The van der Waals surface area contributed by atoms with E-state index in [1.807, 2.05) is 0 Å². The van der Waals surface area contributed by atoms with Crippen LogP contribution in [0.25, 0.3) is 0 Å². The molecule has 0 bridgehead atoms. The predicted octanol–water partition coefficient (Wildman–Crippen LogP) is 3.38. The molecule has 1 unspecified atom stereocenters. The van der Waals surface area contributed by atoms with Gasteiger partial charge in [0, 0.05) is 13.1 Å². The van der Waals surface area contributed by atoms with Crippen LogP contribution in [0.2, 0.25) is 0 Å². The van der Waals surface area contributed by atoms with Crippen molar-refractivity contribution in [3.63, 3.8) is 0 Å². The van der Waals surface area contributed by atoms with Crippen LogP contribution in [0.3, 0.4) is 0 Å². The Morgan fingerprint density at radius 1 is 1.15 bits per heavy atom. The molecule has 3 rings (SSSR count). The smallest absolute Gasteiger partial charge is 0.243 e. The minimum absolute atomic E-state index is 0.0240. The Morgan fingerprint density at radius 3 is 2.63 bits per heavy atom. The SMILES string of the molecule is O=C(NCCC1=CCCCC1)C1CCCCN1S(=O)(=O)c1ccc(F)cc1. The van der Waals surface area contributed by atoms with Crippen LogP contribution in [0, 0.1) is 5.82 Å². The lowest BCUT2D eigenvalue weighted by molar-refractivity contribution is -0.125. The second-order valence-corrected chi connectivity index (χ2v) is 9.12. The normalized spacial score (nSPS) is 21.5. The van der Waals surface area contributed by atoms with Crippen molar-refractivity contribution in [3.8, 4) is 0 Å². The van der Waals surface area contributed by atoms with Crippen molar-refractivity contribution in [3.05, 3.63) is 41.7 Å². The molecule has 1 aliphatic heterocycles. The van der Waals surface area contributed by atoms with Gasteiger partial charge in [-0.05, 0) is 69.2 Å². The van der Waals surface area contributed by atoms with E-state index in [9.17, 15) is 17.6 Å². The van der Waals surface area contributed by atoms with Crippen LogP contribution in [-0.2, 0) is 14.8 Å². The van der Waals surface area contributed by atoms with E-state index in [4.69, 9.17) is 0 Å². The van der Waals surface area contributed by atoms with Gasteiger partial charge in [0.05, 0.1) is 4.90 Å². The molecule has 0 aromatic heterocycles. The number of halogens is 1. The van der Waals surface area contributed by atoms with Crippen molar-refractivity contribution in [2.45, 2.75) is 62.3 Å². The summed E-state index contributed by atoms with van der Waals surface area (Å²) in [5.41, 5.74) is 1.38. The van der Waals surface area contributed by atoms with Crippen molar-refractivity contribution in [1.29, 1.82) is 0 Å². The summed E-state index contributed by atoms with van der Waals surface area (Å²) in [6, 6.07) is 4.07. The van der Waals surface area contributed by atoms with Gasteiger partial charge < -0.3 is 5.32 Å². The number of hydrogen-bond donors (Lipinski definition) is 1. The quantitative estimate of drug-likeness (QED) is 0.752. The lowest BCUT2D eigenvalue weighted by Crippen LogP contribution is -2.51. The van der Waals surface area contributed by atoms with Gasteiger partial charge in [0.2, 0.25) is 15.9 Å². The molecule has 148 valence electrons. The number of hydrogen-bond acceptors (Lipinski definition) is 3. The Kier molecular flexibility index (Phi) is 6.65. The monoisotopic (exact) mass is 394 g/mol. The van der Waals surface area contributed by atoms with E-state index in [1.165, 1.54) is 34.9 Å². The number of rotatable bonds is 6. The predicted molar refractivity (Wildman–Crippen MR) is 102 cm³/mol. The first-order chi connectivity index (χ1) is 13.0. The highest BCUT2D eigenvalue weighted by molar-refractivity contribution is 7.89. The van der Waals surface area contributed by atoms with Gasteiger partial charge in [-0.15, -0.1) is 0 Å². The number of nitrogens with zero attached hydrogens (tertiary/aromatic N) is 1. The van der Waals surface area contributed by atoms with Crippen LogP contribution in [-0.4, -0.2) is 37.8 Å². The zero-order valence-corrected chi connectivity index (χ0v) is 16.3. The van der Waals surface area contributed by atoms with E-state index >= 15 is 0 Å². The van der Waals surface area contributed by atoms with E-state index in [0.717, 1.165) is 44.2 Å². The van der Waals surface area contributed by atoms with Gasteiger partial charge >= 0.3 is 0 Å². The molecule has 1 heterocycles. The number of nitrogens with one attached hydrogen (secondary N) is 1. The Balaban J connectivity index is 1.66. The molecule has 7 heteroatoms. The van der Waals surface area contributed by atoms with Crippen LogP contribution in [0.5, 0.6) is 0 Å². The van der Waals surface area contributed by atoms with E-state index in [1.54, 1.807) is 0 Å². The summed E-state index contributed by atoms with van der Waals surface area (Å²) < 4.78 is 40.3. The molecule has 2 aliphatic rings. The Bertz CT molecular complexity index is 790. The second kappa shape index (κ2) is 8.97. The molecule has 0 saturated carbocycles. The van der Waals surface area contributed by atoms with Crippen LogP contribution in [0.1, 0.15) is 51.4 Å². The molecule has 1 saturated heterocycles. The molecule has 27 heavy (non-hydrogen) atoms. The van der Waals surface area contributed by atoms with E-state index in [-0.39, 0.29) is 10.8 Å². The number of benzene rings is 1. The lowest BCUT2D eigenvalue weighted by Gasteiger charge is -2.33. The van der Waals surface area contributed by atoms with Crippen LogP contribution in [0.15, 0.2) is 40.8 Å². The van der Waals surface area contributed by atoms with Gasteiger partial charge in [0.15, 0.2) is 0 Å². The molecule has 0 spiro atoms. The zero-order chi connectivity index (χ0) is 19.3. The topological polar surface area (TPSA) is 66.5 Å². The van der Waals surface area contributed by atoms with Crippen molar-refractivity contribution in [1.82, 2.24) is 9.62 Å². The summed E-state index contributed by atoms with van der Waals surface area (Å²) in [7, 11) is -3.82. The second-order valence-electron chi connectivity index (χ2n) is 7.23. The maximum Gasteiger partial charge on any atom is 0.243 e. The van der Waals surface area contributed by atoms with Gasteiger partial charge in [-0.1, -0.05) is 18.1 Å². The van der Waals surface area contributed by atoms with Gasteiger partial charge in [-0.2, -0.15) is 4.31 Å². The number of amides is 1. The summed E-state index contributed by atoms with van der Waals surface area (Å²) in [5.74, 6) is -0.726. The largest absolute Gasteiger partial charge is 0.354 e. The highest BCUT2D eigenvalue weighted by Gasteiger charge is 2.37. The fourth-order valence-electron chi connectivity index (χ4n) is 3.79. The average Bonchev–Trinajstić information content (AvgIpc) is 2.69. The molecule has 0 radical (unpaired) electrons. The van der Waals surface area contributed by atoms with Crippen molar-refractivity contribution in [2.75, 3.05) is 13.1 Å². The number of sulfonamides is 1. The Labute approximate surface area is 160 Å². The van der Waals surface area contributed by atoms with Crippen LogP contribution in [0.4, 0.5) is 4.39 Å². The third-order valence-electron chi connectivity index (χ3n) is 5.31. The van der Waals surface area contributed by atoms with E-state index in [0.29, 0.717) is 19.5 Å². The molecule has 1 aromatic rings.